The lowest BCUT2D eigenvalue weighted by Gasteiger charge is -2.23. The fourth-order valence-electron chi connectivity index (χ4n) is 3.26. The largest absolute Gasteiger partial charge is 0.457 e. The maximum Gasteiger partial charge on any atom is 0.127 e. The molecule has 0 aliphatic carbocycles. The van der Waals surface area contributed by atoms with Crippen LogP contribution in [0.5, 0.6) is 11.5 Å². The molecule has 0 bridgehead atoms. The molecule has 0 saturated carbocycles. The third kappa shape index (κ3) is 4.24. The Kier molecular flexibility index (Phi) is 5.22. The average Bonchev–Trinajstić information content (AvgIpc) is 3.17. The van der Waals surface area contributed by atoms with Gasteiger partial charge in [-0.2, -0.15) is 0 Å². The van der Waals surface area contributed by atoms with Crippen molar-refractivity contribution in [3.05, 3.63) is 90.1 Å². The molecule has 0 amide bonds. The van der Waals surface area contributed by atoms with Gasteiger partial charge in [0.15, 0.2) is 0 Å². The zero-order valence-corrected chi connectivity index (χ0v) is 17.1. The molecule has 0 atom stereocenters. The number of ether oxygens (including phenoxy) is 1. The van der Waals surface area contributed by atoms with Crippen LogP contribution in [0.4, 0.5) is 5.69 Å². The number of rotatable bonds is 6. The first-order chi connectivity index (χ1) is 14.0. The number of fused-ring (bicyclic) bond motifs is 1. The van der Waals surface area contributed by atoms with Crippen molar-refractivity contribution < 1.29 is 4.74 Å². The van der Waals surface area contributed by atoms with Crippen LogP contribution in [0.2, 0.25) is 0 Å². The minimum atomic E-state index is 0.184. The number of aromatic nitrogens is 1. The number of hydrogen-bond donors (Lipinski definition) is 1. The van der Waals surface area contributed by atoms with Crippen molar-refractivity contribution in [1.82, 2.24) is 4.98 Å². The van der Waals surface area contributed by atoms with Crippen LogP contribution in [-0.2, 0) is 5.41 Å². The molecule has 146 valence electrons. The number of nitrogens with zero attached hydrogens (tertiary/aromatic N) is 1. The Balaban J connectivity index is 1.44. The van der Waals surface area contributed by atoms with Crippen molar-refractivity contribution >= 4 is 22.8 Å². The van der Waals surface area contributed by atoms with Gasteiger partial charge in [0.25, 0.3) is 0 Å². The maximum atomic E-state index is 5.99. The normalized spacial score (nSPS) is 12.0. The first-order valence-corrected chi connectivity index (χ1v) is 10.0. The average molecular weight is 383 g/mol. The van der Waals surface area contributed by atoms with Crippen LogP contribution >= 0.6 is 0 Å². The van der Waals surface area contributed by atoms with Crippen molar-refractivity contribution in [3.63, 3.8) is 0 Å². The highest BCUT2D eigenvalue weighted by molar-refractivity contribution is 5.99. The number of aromatic amines is 1. The fourth-order valence-corrected chi connectivity index (χ4v) is 3.26. The Morgan fingerprint density at radius 1 is 0.897 bits per heavy atom. The molecular weight excluding hydrogens is 356 g/mol. The lowest BCUT2D eigenvalue weighted by Crippen LogP contribution is -2.14. The summed E-state index contributed by atoms with van der Waals surface area (Å²) >= 11 is 0. The van der Waals surface area contributed by atoms with Gasteiger partial charge in [-0.05, 0) is 59.9 Å². The van der Waals surface area contributed by atoms with E-state index in [1.807, 2.05) is 60.9 Å². The minimum absolute atomic E-state index is 0.184. The van der Waals surface area contributed by atoms with Gasteiger partial charge in [0.1, 0.15) is 11.5 Å². The number of benzene rings is 3. The molecule has 3 aromatic carbocycles. The first-order valence-electron chi connectivity index (χ1n) is 10.0. The van der Waals surface area contributed by atoms with Crippen LogP contribution in [0.15, 0.2) is 84.0 Å². The molecule has 3 heteroatoms. The summed E-state index contributed by atoms with van der Waals surface area (Å²) < 4.78 is 5.99. The summed E-state index contributed by atoms with van der Waals surface area (Å²) in [7, 11) is 0. The maximum absolute atomic E-state index is 5.99. The van der Waals surface area contributed by atoms with Crippen LogP contribution in [-0.4, -0.2) is 11.2 Å². The van der Waals surface area contributed by atoms with Crippen molar-refractivity contribution in [2.75, 3.05) is 0 Å². The summed E-state index contributed by atoms with van der Waals surface area (Å²) in [5.74, 6) is 1.65. The predicted octanol–water partition coefficient (Wildman–Crippen LogP) is 7.40. The van der Waals surface area contributed by atoms with Crippen LogP contribution in [0.3, 0.4) is 0 Å². The van der Waals surface area contributed by atoms with Gasteiger partial charge in [-0.25, -0.2) is 0 Å². The van der Waals surface area contributed by atoms with Crippen LogP contribution < -0.4 is 4.74 Å². The molecule has 4 aromatic rings. The molecule has 0 saturated heterocycles. The molecule has 0 radical (unpaired) electrons. The zero-order chi connectivity index (χ0) is 20.3. The number of aliphatic imine (C=N–C) groups is 1. The van der Waals surface area contributed by atoms with Crippen molar-refractivity contribution in [3.8, 4) is 11.5 Å². The van der Waals surface area contributed by atoms with Gasteiger partial charge in [0, 0.05) is 28.9 Å². The SMILES string of the molecule is CCC(C)(C)c1ccc(Oc2ccc(N=Cc3c[nH]c4ccccc34)cc2)cc1. The number of hydrogen-bond acceptors (Lipinski definition) is 2. The first kappa shape index (κ1) is 19.0. The number of H-pyrrole nitrogens is 1. The Bertz CT molecular complexity index is 1120. The topological polar surface area (TPSA) is 37.4 Å². The van der Waals surface area contributed by atoms with Crippen molar-refractivity contribution in [2.45, 2.75) is 32.6 Å². The highest BCUT2D eigenvalue weighted by Crippen LogP contribution is 2.30. The van der Waals surface area contributed by atoms with E-state index in [0.717, 1.165) is 34.7 Å². The second-order valence-electron chi connectivity index (χ2n) is 7.91. The molecule has 1 aromatic heterocycles. The molecule has 0 aliphatic rings. The smallest absolute Gasteiger partial charge is 0.127 e. The monoisotopic (exact) mass is 382 g/mol. The molecule has 0 aliphatic heterocycles. The fraction of sp³-hybridized carbons (Fsp3) is 0.192. The molecule has 1 heterocycles. The van der Waals surface area contributed by atoms with Crippen molar-refractivity contribution in [2.24, 2.45) is 4.99 Å². The Morgan fingerprint density at radius 3 is 2.24 bits per heavy atom. The lowest BCUT2D eigenvalue weighted by atomic mass is 9.82. The van der Waals surface area contributed by atoms with E-state index in [1.54, 1.807) is 0 Å². The van der Waals surface area contributed by atoms with Crippen molar-refractivity contribution in [1.29, 1.82) is 0 Å². The minimum Gasteiger partial charge on any atom is -0.457 e. The standard InChI is InChI=1S/C26H26N2O/c1-4-26(2,3)20-9-13-22(14-10-20)29-23-15-11-21(12-16-23)27-17-19-18-28-25-8-6-5-7-24(19)25/h5-18,28H,4H2,1-3H3. The molecule has 0 fully saturated rings. The van der Waals surface area contributed by atoms with E-state index in [4.69, 9.17) is 4.74 Å². The lowest BCUT2D eigenvalue weighted by molar-refractivity contribution is 0.478. The van der Waals surface area contributed by atoms with E-state index in [9.17, 15) is 0 Å². The molecular formula is C26H26N2O. The van der Waals surface area contributed by atoms with Crippen LogP contribution in [0.25, 0.3) is 10.9 Å². The van der Waals surface area contributed by atoms with Crippen LogP contribution in [0.1, 0.15) is 38.3 Å². The molecule has 29 heavy (non-hydrogen) atoms. The van der Waals surface area contributed by atoms with Gasteiger partial charge >= 0.3 is 0 Å². The molecule has 0 unspecified atom stereocenters. The van der Waals surface area contributed by atoms with Gasteiger partial charge < -0.3 is 9.72 Å². The summed E-state index contributed by atoms with van der Waals surface area (Å²) in [5.41, 5.74) is 4.60. The van der Waals surface area contributed by atoms with E-state index in [2.05, 4.69) is 55.0 Å². The zero-order valence-electron chi connectivity index (χ0n) is 17.1. The van der Waals surface area contributed by atoms with Gasteiger partial charge in [0.05, 0.1) is 5.69 Å². The molecule has 3 nitrogen and oxygen atoms in total. The van der Waals surface area contributed by atoms with Gasteiger partial charge in [0.2, 0.25) is 0 Å². The van der Waals surface area contributed by atoms with Gasteiger partial charge in [-0.1, -0.05) is 51.1 Å². The highest BCUT2D eigenvalue weighted by atomic mass is 16.5. The van der Waals surface area contributed by atoms with E-state index >= 15 is 0 Å². The van der Waals surface area contributed by atoms with E-state index < -0.39 is 0 Å². The summed E-state index contributed by atoms with van der Waals surface area (Å²) in [6, 6.07) is 24.4. The Morgan fingerprint density at radius 2 is 1.55 bits per heavy atom. The summed E-state index contributed by atoms with van der Waals surface area (Å²) in [5, 5.41) is 1.17. The molecule has 4 rings (SSSR count). The van der Waals surface area contributed by atoms with Gasteiger partial charge in [-0.3, -0.25) is 4.99 Å². The third-order valence-corrected chi connectivity index (χ3v) is 5.57. The highest BCUT2D eigenvalue weighted by Gasteiger charge is 2.17. The van der Waals surface area contributed by atoms with Crippen LogP contribution in [0, 0.1) is 0 Å². The molecule has 1 N–H and O–H groups in total. The predicted molar refractivity (Wildman–Crippen MR) is 122 cm³/mol. The Hall–Kier alpha value is -3.33. The molecule has 0 spiro atoms. The number of nitrogens with one attached hydrogen (secondary N) is 1. The summed E-state index contributed by atoms with van der Waals surface area (Å²) in [6.45, 7) is 6.74. The van der Waals surface area contributed by atoms with E-state index in [-0.39, 0.29) is 5.41 Å². The quantitative estimate of drug-likeness (QED) is 0.347. The van der Waals surface area contributed by atoms with E-state index in [0.29, 0.717) is 0 Å². The second-order valence-corrected chi connectivity index (χ2v) is 7.91. The van der Waals surface area contributed by atoms with Gasteiger partial charge in [-0.15, -0.1) is 0 Å². The summed E-state index contributed by atoms with van der Waals surface area (Å²) in [4.78, 5) is 7.86. The second kappa shape index (κ2) is 7.96. The Labute approximate surface area is 172 Å². The van der Waals surface area contributed by atoms with E-state index in [1.165, 1.54) is 10.9 Å². The third-order valence-electron chi connectivity index (χ3n) is 5.57. The summed E-state index contributed by atoms with van der Waals surface area (Å²) in [6.07, 6.45) is 4.98. The number of para-hydroxylation sites is 1.